The zero-order valence-electron chi connectivity index (χ0n) is 14.5. The Balaban J connectivity index is 1.96. The Morgan fingerprint density at radius 1 is 1.33 bits per heavy atom. The molecule has 0 spiro atoms. The minimum Gasteiger partial charge on any atom is -0.341 e. The Hall–Kier alpha value is -2.16. The lowest BCUT2D eigenvalue weighted by atomic mass is 10.0. The van der Waals surface area contributed by atoms with E-state index in [9.17, 15) is 19.2 Å². The fraction of sp³-hybridized carbons (Fsp3) is 0.733. The van der Waals surface area contributed by atoms with Crippen LogP contribution >= 0.6 is 0 Å². The molecule has 2 aliphatic heterocycles. The van der Waals surface area contributed by atoms with Crippen LogP contribution in [0.4, 0.5) is 0 Å². The molecule has 2 rings (SSSR count). The van der Waals surface area contributed by atoms with Gasteiger partial charge in [0.25, 0.3) is 0 Å². The molecule has 1 unspecified atom stereocenters. The van der Waals surface area contributed by atoms with Crippen LogP contribution in [0.15, 0.2) is 0 Å². The van der Waals surface area contributed by atoms with Gasteiger partial charge in [0.05, 0.1) is 19.4 Å². The van der Waals surface area contributed by atoms with Crippen LogP contribution in [0.2, 0.25) is 0 Å². The summed E-state index contributed by atoms with van der Waals surface area (Å²) < 4.78 is 0. The van der Waals surface area contributed by atoms with Crippen molar-refractivity contribution in [3.63, 3.8) is 0 Å². The summed E-state index contributed by atoms with van der Waals surface area (Å²) in [6, 6.07) is 0. The monoisotopic (exact) mass is 339 g/mol. The Morgan fingerprint density at radius 2 is 2.00 bits per heavy atom. The Kier molecular flexibility index (Phi) is 5.12. The van der Waals surface area contributed by atoms with E-state index < -0.39 is 11.4 Å². The molecule has 2 aliphatic rings. The van der Waals surface area contributed by atoms with E-state index in [0.29, 0.717) is 0 Å². The maximum absolute atomic E-state index is 12.4. The predicted octanol–water partition coefficient (Wildman–Crippen LogP) is -1.79. The minimum absolute atomic E-state index is 0.0118. The van der Waals surface area contributed by atoms with Crippen molar-refractivity contribution in [3.8, 4) is 0 Å². The lowest BCUT2D eigenvalue weighted by molar-refractivity contribution is -0.141. The van der Waals surface area contributed by atoms with Gasteiger partial charge in [-0.25, -0.2) is 0 Å². The van der Waals surface area contributed by atoms with Crippen LogP contribution in [-0.4, -0.2) is 71.4 Å². The number of carbonyl (C=O) groups excluding carboxylic acids is 4. The highest BCUT2D eigenvalue weighted by atomic mass is 16.2. The Labute approximate surface area is 141 Å². The van der Waals surface area contributed by atoms with Crippen molar-refractivity contribution in [2.75, 3.05) is 26.3 Å². The van der Waals surface area contributed by atoms with E-state index in [-0.39, 0.29) is 56.1 Å². The number of nitrogens with zero attached hydrogens (tertiary/aromatic N) is 2. The molecule has 0 aromatic rings. The molecule has 3 N–H and O–H groups in total. The molecule has 1 atom stereocenters. The number of nitrogens with one attached hydrogen (secondary N) is 3. The average Bonchev–Trinajstić information content (AvgIpc) is 3.04. The zero-order chi connectivity index (χ0) is 18.1. The lowest BCUT2D eigenvalue weighted by Crippen LogP contribution is -2.58. The van der Waals surface area contributed by atoms with Crippen molar-refractivity contribution in [2.24, 2.45) is 5.92 Å². The quantitative estimate of drug-likeness (QED) is 0.548. The van der Waals surface area contributed by atoms with Crippen LogP contribution in [-0.2, 0) is 19.2 Å². The molecule has 9 nitrogen and oxygen atoms in total. The number of amides is 4. The van der Waals surface area contributed by atoms with E-state index in [1.54, 1.807) is 13.8 Å². The number of carbonyl (C=O) groups is 4. The molecule has 0 aromatic heterocycles. The third-order valence-corrected chi connectivity index (χ3v) is 4.14. The molecule has 0 aliphatic carbocycles. The van der Waals surface area contributed by atoms with E-state index in [1.165, 1.54) is 9.80 Å². The average molecular weight is 339 g/mol. The Bertz CT molecular complexity index is 560. The number of hydrogen-bond acceptors (Lipinski definition) is 5. The highest BCUT2D eigenvalue weighted by molar-refractivity contribution is 5.95. The van der Waals surface area contributed by atoms with Crippen molar-refractivity contribution >= 4 is 23.6 Å². The van der Waals surface area contributed by atoms with Gasteiger partial charge in [-0.2, -0.15) is 0 Å². The van der Waals surface area contributed by atoms with Crippen LogP contribution < -0.4 is 16.0 Å². The second kappa shape index (κ2) is 6.76. The van der Waals surface area contributed by atoms with E-state index in [4.69, 9.17) is 0 Å². The largest absolute Gasteiger partial charge is 0.341 e. The maximum Gasteiger partial charge on any atom is 0.249 e. The van der Waals surface area contributed by atoms with Crippen LogP contribution in [0.1, 0.15) is 27.7 Å². The van der Waals surface area contributed by atoms with Crippen molar-refractivity contribution in [3.05, 3.63) is 0 Å². The normalized spacial score (nSPS) is 21.5. The van der Waals surface area contributed by atoms with Crippen LogP contribution in [0.3, 0.4) is 0 Å². The smallest absolute Gasteiger partial charge is 0.249 e. The molecule has 24 heavy (non-hydrogen) atoms. The van der Waals surface area contributed by atoms with Crippen molar-refractivity contribution in [1.29, 1.82) is 0 Å². The molecule has 134 valence electrons. The summed E-state index contributed by atoms with van der Waals surface area (Å²) in [6.07, 6.45) is -0.192. The second-order valence-corrected chi connectivity index (χ2v) is 7.03. The molecule has 4 amide bonds. The summed E-state index contributed by atoms with van der Waals surface area (Å²) in [6.45, 7) is 7.32. The fourth-order valence-electron chi connectivity index (χ4n) is 2.94. The molecular weight excluding hydrogens is 314 g/mol. The SMILES string of the molecule is CC(C)C1NCC(=O)N1CC(=O)NC(C)(C)C(=O)N1CNC(=O)C1. The third-order valence-electron chi connectivity index (χ3n) is 4.14. The Morgan fingerprint density at radius 3 is 2.54 bits per heavy atom. The van der Waals surface area contributed by atoms with E-state index in [1.807, 2.05) is 13.8 Å². The summed E-state index contributed by atoms with van der Waals surface area (Å²) >= 11 is 0. The van der Waals surface area contributed by atoms with Gasteiger partial charge in [0, 0.05) is 0 Å². The molecule has 0 aromatic carbocycles. The van der Waals surface area contributed by atoms with Crippen LogP contribution in [0, 0.1) is 5.92 Å². The zero-order valence-corrected chi connectivity index (χ0v) is 14.5. The molecule has 9 heteroatoms. The van der Waals surface area contributed by atoms with Crippen molar-refractivity contribution in [2.45, 2.75) is 39.4 Å². The molecule has 0 saturated carbocycles. The van der Waals surface area contributed by atoms with Crippen LogP contribution in [0.25, 0.3) is 0 Å². The lowest BCUT2D eigenvalue weighted by Gasteiger charge is -2.31. The van der Waals surface area contributed by atoms with Gasteiger partial charge in [-0.3, -0.25) is 24.5 Å². The summed E-state index contributed by atoms with van der Waals surface area (Å²) in [4.78, 5) is 50.8. The fourth-order valence-corrected chi connectivity index (χ4v) is 2.94. The summed E-state index contributed by atoms with van der Waals surface area (Å²) in [5.41, 5.74) is -1.16. The molecular formula is C15H25N5O4. The van der Waals surface area contributed by atoms with E-state index in [0.717, 1.165) is 0 Å². The highest BCUT2D eigenvalue weighted by Crippen LogP contribution is 2.14. The van der Waals surface area contributed by atoms with Gasteiger partial charge in [0.1, 0.15) is 18.6 Å². The van der Waals surface area contributed by atoms with Gasteiger partial charge >= 0.3 is 0 Å². The first-order chi connectivity index (χ1) is 11.1. The first kappa shape index (κ1) is 18.2. The number of rotatable bonds is 5. The van der Waals surface area contributed by atoms with Gasteiger partial charge in [-0.15, -0.1) is 0 Å². The second-order valence-electron chi connectivity index (χ2n) is 7.03. The minimum atomic E-state index is -1.16. The topological polar surface area (TPSA) is 111 Å². The third kappa shape index (κ3) is 3.84. The van der Waals surface area contributed by atoms with Crippen molar-refractivity contribution in [1.82, 2.24) is 25.8 Å². The first-order valence-corrected chi connectivity index (χ1v) is 8.02. The van der Waals surface area contributed by atoms with Crippen molar-refractivity contribution < 1.29 is 19.2 Å². The van der Waals surface area contributed by atoms with Gasteiger partial charge in [0.2, 0.25) is 23.6 Å². The number of hydrogen-bond donors (Lipinski definition) is 3. The van der Waals surface area contributed by atoms with E-state index in [2.05, 4.69) is 16.0 Å². The predicted molar refractivity (Wildman–Crippen MR) is 85.3 cm³/mol. The van der Waals surface area contributed by atoms with Gasteiger partial charge in [-0.1, -0.05) is 13.8 Å². The molecule has 2 fully saturated rings. The van der Waals surface area contributed by atoms with Gasteiger partial charge in [-0.05, 0) is 19.8 Å². The van der Waals surface area contributed by atoms with E-state index >= 15 is 0 Å². The summed E-state index contributed by atoms with van der Waals surface area (Å²) in [7, 11) is 0. The van der Waals surface area contributed by atoms with Gasteiger partial charge in [0.15, 0.2) is 0 Å². The molecule has 2 saturated heterocycles. The summed E-state index contributed by atoms with van der Waals surface area (Å²) in [5, 5.41) is 8.29. The standard InChI is InChI=1S/C15H25N5O4/c1-9(2)13-16-5-12(23)20(13)7-11(22)18-15(3,4)14(24)19-6-10(21)17-8-19/h9,13,16H,5-8H2,1-4H3,(H,17,21)(H,18,22). The maximum atomic E-state index is 12.4. The summed E-state index contributed by atoms with van der Waals surface area (Å²) in [5.74, 6) is -0.947. The van der Waals surface area contributed by atoms with Gasteiger partial charge < -0.3 is 20.4 Å². The highest BCUT2D eigenvalue weighted by Gasteiger charge is 2.38. The molecule has 0 radical (unpaired) electrons. The first-order valence-electron chi connectivity index (χ1n) is 8.02. The van der Waals surface area contributed by atoms with Crippen LogP contribution in [0.5, 0.6) is 0 Å². The molecule has 0 bridgehead atoms. The molecule has 2 heterocycles.